The summed E-state index contributed by atoms with van der Waals surface area (Å²) in [6, 6.07) is 16.5. The van der Waals surface area contributed by atoms with Crippen LogP contribution in [0.25, 0.3) is 10.1 Å². The highest BCUT2D eigenvalue weighted by Crippen LogP contribution is 2.27. The van der Waals surface area contributed by atoms with Gasteiger partial charge in [-0.3, -0.25) is 0 Å². The maximum Gasteiger partial charge on any atom is 0.123 e. The molecule has 1 heterocycles. The fourth-order valence-corrected chi connectivity index (χ4v) is 2.77. The van der Waals surface area contributed by atoms with Crippen molar-refractivity contribution in [2.45, 2.75) is 6.61 Å². The number of hydrogen-bond acceptors (Lipinski definition) is 2. The molecule has 0 spiro atoms. The van der Waals surface area contributed by atoms with E-state index in [4.69, 9.17) is 4.74 Å². The van der Waals surface area contributed by atoms with Crippen LogP contribution in [0.15, 0.2) is 54.6 Å². The van der Waals surface area contributed by atoms with Crippen molar-refractivity contribution in [2.24, 2.45) is 0 Å². The van der Waals surface area contributed by atoms with Crippen molar-refractivity contribution < 1.29 is 9.13 Å². The summed E-state index contributed by atoms with van der Waals surface area (Å²) in [4.78, 5) is 1.10. The number of rotatable bonds is 3. The normalized spacial score (nSPS) is 10.7. The molecule has 0 radical (unpaired) electrons. The Morgan fingerprint density at radius 2 is 1.83 bits per heavy atom. The van der Waals surface area contributed by atoms with Gasteiger partial charge >= 0.3 is 0 Å². The molecule has 0 unspecified atom stereocenters. The molecule has 0 bridgehead atoms. The fraction of sp³-hybridized carbons (Fsp3) is 0.0667. The van der Waals surface area contributed by atoms with Crippen LogP contribution in [0.4, 0.5) is 4.39 Å². The van der Waals surface area contributed by atoms with Crippen LogP contribution >= 0.6 is 11.3 Å². The Morgan fingerprint density at radius 1 is 1.00 bits per heavy atom. The molecular weight excluding hydrogens is 247 g/mol. The highest BCUT2D eigenvalue weighted by molar-refractivity contribution is 7.19. The van der Waals surface area contributed by atoms with E-state index >= 15 is 0 Å². The van der Waals surface area contributed by atoms with Gasteiger partial charge in [0.15, 0.2) is 0 Å². The molecule has 3 heteroatoms. The van der Waals surface area contributed by atoms with E-state index in [1.807, 2.05) is 36.4 Å². The van der Waals surface area contributed by atoms with E-state index in [1.165, 1.54) is 6.07 Å². The summed E-state index contributed by atoms with van der Waals surface area (Å²) in [6.07, 6.45) is 0. The third-order valence-electron chi connectivity index (χ3n) is 2.65. The minimum Gasteiger partial charge on any atom is -0.488 e. The van der Waals surface area contributed by atoms with E-state index in [-0.39, 0.29) is 5.82 Å². The summed E-state index contributed by atoms with van der Waals surface area (Å²) in [5.41, 5.74) is 0. The molecule has 0 aliphatic heterocycles. The van der Waals surface area contributed by atoms with Gasteiger partial charge < -0.3 is 4.74 Å². The molecule has 0 aliphatic carbocycles. The monoisotopic (exact) mass is 258 g/mol. The molecular formula is C15H11FOS. The van der Waals surface area contributed by atoms with Crippen molar-refractivity contribution in [3.05, 3.63) is 65.3 Å². The van der Waals surface area contributed by atoms with Crippen LogP contribution in [0.1, 0.15) is 4.88 Å². The molecule has 0 aliphatic rings. The Morgan fingerprint density at radius 3 is 2.67 bits per heavy atom. The third kappa shape index (κ3) is 2.36. The second-order valence-corrected chi connectivity index (χ2v) is 5.16. The van der Waals surface area contributed by atoms with E-state index in [0.29, 0.717) is 6.61 Å². The van der Waals surface area contributed by atoms with Crippen LogP contribution in [0.3, 0.4) is 0 Å². The van der Waals surface area contributed by atoms with E-state index < -0.39 is 0 Å². The summed E-state index contributed by atoms with van der Waals surface area (Å²) in [6.45, 7) is 0.519. The zero-order valence-electron chi connectivity index (χ0n) is 9.60. The Hall–Kier alpha value is -1.87. The first-order valence-corrected chi connectivity index (χ1v) is 6.49. The van der Waals surface area contributed by atoms with Crippen LogP contribution in [-0.2, 0) is 6.61 Å². The molecule has 18 heavy (non-hydrogen) atoms. The molecule has 1 nitrogen and oxygen atoms in total. The minimum absolute atomic E-state index is 0.198. The number of ether oxygens (including phenoxy) is 1. The van der Waals surface area contributed by atoms with E-state index in [9.17, 15) is 4.39 Å². The summed E-state index contributed by atoms with van der Waals surface area (Å²) in [5, 5.41) is 0.937. The molecule has 0 amide bonds. The van der Waals surface area contributed by atoms with Gasteiger partial charge in [-0.2, -0.15) is 0 Å². The lowest BCUT2D eigenvalue weighted by molar-refractivity contribution is 0.310. The molecule has 0 fully saturated rings. The molecule has 2 aromatic carbocycles. The van der Waals surface area contributed by atoms with Crippen molar-refractivity contribution in [2.75, 3.05) is 0 Å². The third-order valence-corrected chi connectivity index (χ3v) is 3.74. The van der Waals surface area contributed by atoms with Gasteiger partial charge in [0, 0.05) is 9.58 Å². The molecule has 3 aromatic rings. The van der Waals surface area contributed by atoms with E-state index in [1.54, 1.807) is 23.5 Å². The molecule has 0 N–H and O–H groups in total. The average Bonchev–Trinajstić information content (AvgIpc) is 2.79. The van der Waals surface area contributed by atoms with Gasteiger partial charge in [0.1, 0.15) is 18.2 Å². The Kier molecular flexibility index (Phi) is 2.99. The van der Waals surface area contributed by atoms with Crippen LogP contribution < -0.4 is 4.74 Å². The summed E-state index contributed by atoms with van der Waals surface area (Å²) in [7, 11) is 0. The maximum atomic E-state index is 13.1. The first-order chi connectivity index (χ1) is 8.81. The number of halogens is 1. The first kappa shape index (κ1) is 11.2. The predicted molar refractivity (Wildman–Crippen MR) is 72.6 cm³/mol. The van der Waals surface area contributed by atoms with Gasteiger partial charge in [-0.15, -0.1) is 11.3 Å². The molecule has 90 valence electrons. The van der Waals surface area contributed by atoms with Crippen LogP contribution in [0.5, 0.6) is 5.75 Å². The van der Waals surface area contributed by atoms with Crippen molar-refractivity contribution in [3.8, 4) is 5.75 Å². The lowest BCUT2D eigenvalue weighted by atomic mass is 10.2. The number of fused-ring (bicyclic) bond motifs is 1. The number of benzene rings is 2. The topological polar surface area (TPSA) is 9.23 Å². The van der Waals surface area contributed by atoms with Crippen molar-refractivity contribution in [1.82, 2.24) is 0 Å². The lowest BCUT2D eigenvalue weighted by Crippen LogP contribution is -1.91. The number of hydrogen-bond donors (Lipinski definition) is 0. The molecule has 3 rings (SSSR count). The second-order valence-electron chi connectivity index (χ2n) is 4.00. The molecule has 0 saturated carbocycles. The van der Waals surface area contributed by atoms with Crippen LogP contribution in [0.2, 0.25) is 0 Å². The van der Waals surface area contributed by atoms with Crippen LogP contribution in [-0.4, -0.2) is 0 Å². The maximum absolute atomic E-state index is 13.1. The zero-order chi connectivity index (χ0) is 12.4. The standard InChI is InChI=1S/C15H11FOS/c16-12-6-7-15-11(8-12)9-14(18-15)10-17-13-4-2-1-3-5-13/h1-9H,10H2. The van der Waals surface area contributed by atoms with Crippen molar-refractivity contribution in [1.29, 1.82) is 0 Å². The van der Waals surface area contributed by atoms with Gasteiger partial charge in [-0.25, -0.2) is 4.39 Å². The average molecular weight is 258 g/mol. The van der Waals surface area contributed by atoms with Gasteiger partial charge in [0.2, 0.25) is 0 Å². The van der Waals surface area contributed by atoms with Gasteiger partial charge in [0.25, 0.3) is 0 Å². The van der Waals surface area contributed by atoms with Gasteiger partial charge in [-0.1, -0.05) is 18.2 Å². The predicted octanol–water partition coefficient (Wildman–Crippen LogP) is 4.62. The molecule has 0 saturated heterocycles. The SMILES string of the molecule is Fc1ccc2sc(COc3ccccc3)cc2c1. The van der Waals surface area contributed by atoms with Gasteiger partial charge in [-0.05, 0) is 41.8 Å². The smallest absolute Gasteiger partial charge is 0.123 e. The highest BCUT2D eigenvalue weighted by Gasteiger charge is 2.03. The molecule has 0 atom stereocenters. The Bertz CT molecular complexity index is 661. The highest BCUT2D eigenvalue weighted by atomic mass is 32.1. The van der Waals surface area contributed by atoms with Gasteiger partial charge in [0.05, 0.1) is 0 Å². The van der Waals surface area contributed by atoms with Crippen molar-refractivity contribution in [3.63, 3.8) is 0 Å². The summed E-state index contributed by atoms with van der Waals surface area (Å²) < 4.78 is 19.8. The fourth-order valence-electron chi connectivity index (χ4n) is 1.81. The minimum atomic E-state index is -0.198. The zero-order valence-corrected chi connectivity index (χ0v) is 10.4. The first-order valence-electron chi connectivity index (χ1n) is 5.67. The van der Waals surface area contributed by atoms with E-state index in [0.717, 1.165) is 20.7 Å². The summed E-state index contributed by atoms with van der Waals surface area (Å²) >= 11 is 1.63. The summed E-state index contributed by atoms with van der Waals surface area (Å²) in [5.74, 6) is 0.650. The largest absolute Gasteiger partial charge is 0.488 e. The van der Waals surface area contributed by atoms with Crippen LogP contribution in [0, 0.1) is 5.82 Å². The number of para-hydroxylation sites is 1. The molecule has 1 aromatic heterocycles. The Balaban J connectivity index is 1.79. The quantitative estimate of drug-likeness (QED) is 0.666. The lowest BCUT2D eigenvalue weighted by Gasteiger charge is -2.02. The number of thiophene rings is 1. The van der Waals surface area contributed by atoms with Crippen molar-refractivity contribution >= 4 is 21.4 Å². The Labute approximate surface area is 108 Å². The second kappa shape index (κ2) is 4.78. The van der Waals surface area contributed by atoms with E-state index in [2.05, 4.69) is 0 Å².